The first-order valence-electron chi connectivity index (χ1n) is 7.60. The lowest BCUT2D eigenvalue weighted by molar-refractivity contribution is -0.123. The second-order valence-corrected chi connectivity index (χ2v) is 5.36. The van der Waals surface area contributed by atoms with E-state index in [2.05, 4.69) is 20.9 Å². The molecule has 0 saturated carbocycles. The summed E-state index contributed by atoms with van der Waals surface area (Å²) in [6.45, 7) is 5.07. The fourth-order valence-corrected chi connectivity index (χ4v) is 1.84. The Kier molecular flexibility index (Phi) is 11.3. The quantitative estimate of drug-likeness (QED) is 0.256. The highest BCUT2D eigenvalue weighted by atomic mass is 127. The zero-order valence-corrected chi connectivity index (χ0v) is 16.5. The van der Waals surface area contributed by atoms with E-state index in [1.807, 2.05) is 13.8 Å². The third kappa shape index (κ3) is 8.42. The lowest BCUT2D eigenvalue weighted by atomic mass is 10.1. The largest absolute Gasteiger partial charge is 0.356 e. The number of guanidine groups is 1. The summed E-state index contributed by atoms with van der Waals surface area (Å²) in [6, 6.07) is 3.40. The number of aliphatic imine (C=N–C) groups is 1. The molecule has 0 fully saturated rings. The fourth-order valence-electron chi connectivity index (χ4n) is 1.84. The zero-order valence-electron chi connectivity index (χ0n) is 14.2. The van der Waals surface area contributed by atoms with Crippen molar-refractivity contribution in [3.63, 3.8) is 0 Å². The van der Waals surface area contributed by atoms with Gasteiger partial charge in [0, 0.05) is 32.6 Å². The van der Waals surface area contributed by atoms with Crippen LogP contribution in [0.25, 0.3) is 0 Å². The van der Waals surface area contributed by atoms with Crippen molar-refractivity contribution < 1.29 is 13.6 Å². The number of nitrogens with zero attached hydrogens (tertiary/aromatic N) is 1. The maximum Gasteiger partial charge on any atom is 0.222 e. The maximum atomic E-state index is 13.5. The van der Waals surface area contributed by atoms with Crippen LogP contribution in [-0.2, 0) is 11.2 Å². The van der Waals surface area contributed by atoms with E-state index in [0.717, 1.165) is 12.1 Å². The number of amides is 1. The molecule has 0 unspecified atom stereocenters. The van der Waals surface area contributed by atoms with Crippen LogP contribution in [0.2, 0.25) is 0 Å². The monoisotopic (exact) mass is 454 g/mol. The Labute approximate surface area is 158 Å². The molecular formula is C16H25F2IN4O. The predicted octanol–water partition coefficient (Wildman–Crippen LogP) is 2.06. The standard InChI is InChI=1S/C16H24F2N4O.HI/c1-11(2)15(23)20-8-9-22-16(19-3)21-7-6-12-10-13(17)4-5-14(12)18;/h4-5,10-11H,6-9H2,1-3H3,(H,20,23)(H2,19,21,22);1H. The maximum absolute atomic E-state index is 13.5. The second-order valence-electron chi connectivity index (χ2n) is 5.36. The predicted molar refractivity (Wildman–Crippen MR) is 103 cm³/mol. The van der Waals surface area contributed by atoms with Gasteiger partial charge in [-0.2, -0.15) is 0 Å². The first-order chi connectivity index (χ1) is 10.9. The SMILES string of the molecule is CN=C(NCCNC(=O)C(C)C)NCCc1cc(F)ccc1F.I. The molecule has 0 radical (unpaired) electrons. The molecule has 8 heteroatoms. The van der Waals surface area contributed by atoms with Gasteiger partial charge in [0.1, 0.15) is 11.6 Å². The first kappa shape index (κ1) is 22.6. The van der Waals surface area contributed by atoms with Crippen LogP contribution in [0.1, 0.15) is 19.4 Å². The van der Waals surface area contributed by atoms with E-state index in [1.165, 1.54) is 6.07 Å². The third-order valence-electron chi connectivity index (χ3n) is 3.16. The minimum absolute atomic E-state index is 0. The Morgan fingerprint density at radius 1 is 1.12 bits per heavy atom. The van der Waals surface area contributed by atoms with Crippen LogP contribution in [0.4, 0.5) is 8.78 Å². The van der Waals surface area contributed by atoms with Crippen molar-refractivity contribution in [2.75, 3.05) is 26.7 Å². The van der Waals surface area contributed by atoms with Crippen molar-refractivity contribution in [3.05, 3.63) is 35.4 Å². The molecule has 5 nitrogen and oxygen atoms in total. The number of halogens is 3. The van der Waals surface area contributed by atoms with E-state index in [4.69, 9.17) is 0 Å². The van der Waals surface area contributed by atoms with E-state index >= 15 is 0 Å². The van der Waals surface area contributed by atoms with Crippen LogP contribution >= 0.6 is 24.0 Å². The van der Waals surface area contributed by atoms with Gasteiger partial charge in [-0.1, -0.05) is 13.8 Å². The molecule has 1 aromatic carbocycles. The summed E-state index contributed by atoms with van der Waals surface area (Å²) in [5.74, 6) is -0.386. The average Bonchev–Trinajstić information content (AvgIpc) is 2.52. The molecule has 24 heavy (non-hydrogen) atoms. The molecule has 0 aliphatic heterocycles. The van der Waals surface area contributed by atoms with Crippen molar-refractivity contribution in [1.29, 1.82) is 0 Å². The normalized spacial score (nSPS) is 11.0. The van der Waals surface area contributed by atoms with Gasteiger partial charge in [0.05, 0.1) is 0 Å². The molecule has 1 amide bonds. The number of nitrogens with one attached hydrogen (secondary N) is 3. The minimum Gasteiger partial charge on any atom is -0.356 e. The van der Waals surface area contributed by atoms with Gasteiger partial charge in [0.2, 0.25) is 5.91 Å². The molecular weight excluding hydrogens is 429 g/mol. The van der Waals surface area contributed by atoms with Gasteiger partial charge in [0.25, 0.3) is 0 Å². The van der Waals surface area contributed by atoms with Crippen molar-refractivity contribution in [2.45, 2.75) is 20.3 Å². The lowest BCUT2D eigenvalue weighted by Gasteiger charge is -2.13. The van der Waals surface area contributed by atoms with Crippen LogP contribution in [0.15, 0.2) is 23.2 Å². The smallest absolute Gasteiger partial charge is 0.222 e. The van der Waals surface area contributed by atoms with E-state index in [9.17, 15) is 13.6 Å². The summed E-state index contributed by atoms with van der Waals surface area (Å²) in [4.78, 5) is 15.4. The van der Waals surface area contributed by atoms with Crippen LogP contribution in [0.3, 0.4) is 0 Å². The fraction of sp³-hybridized carbons (Fsp3) is 0.500. The Bertz CT molecular complexity index is 553. The lowest BCUT2D eigenvalue weighted by Crippen LogP contribution is -2.42. The topological polar surface area (TPSA) is 65.5 Å². The van der Waals surface area contributed by atoms with Crippen molar-refractivity contribution in [1.82, 2.24) is 16.0 Å². The summed E-state index contributed by atoms with van der Waals surface area (Å²) in [7, 11) is 1.62. The highest BCUT2D eigenvalue weighted by Crippen LogP contribution is 2.09. The summed E-state index contributed by atoms with van der Waals surface area (Å²) in [5, 5.41) is 8.83. The van der Waals surface area contributed by atoms with Gasteiger partial charge in [-0.15, -0.1) is 24.0 Å². The van der Waals surface area contributed by atoms with Crippen LogP contribution in [0, 0.1) is 17.6 Å². The number of carbonyl (C=O) groups excluding carboxylic acids is 1. The van der Waals surface area contributed by atoms with Crippen LogP contribution < -0.4 is 16.0 Å². The molecule has 3 N–H and O–H groups in total. The van der Waals surface area contributed by atoms with Gasteiger partial charge < -0.3 is 16.0 Å². The molecule has 0 saturated heterocycles. The summed E-state index contributed by atoms with van der Waals surface area (Å²) in [6.07, 6.45) is 0.342. The highest BCUT2D eigenvalue weighted by Gasteiger charge is 2.06. The van der Waals surface area contributed by atoms with Crippen LogP contribution in [0.5, 0.6) is 0 Å². The molecule has 0 aliphatic carbocycles. The first-order valence-corrected chi connectivity index (χ1v) is 7.60. The Morgan fingerprint density at radius 2 is 1.75 bits per heavy atom. The van der Waals surface area contributed by atoms with Crippen molar-refractivity contribution in [2.24, 2.45) is 10.9 Å². The molecule has 1 rings (SSSR count). The Balaban J connectivity index is 0.00000529. The van der Waals surface area contributed by atoms with Gasteiger partial charge >= 0.3 is 0 Å². The Hall–Kier alpha value is -1.45. The van der Waals surface area contributed by atoms with E-state index in [0.29, 0.717) is 37.6 Å². The molecule has 0 heterocycles. The third-order valence-corrected chi connectivity index (χ3v) is 3.16. The van der Waals surface area contributed by atoms with Gasteiger partial charge in [-0.3, -0.25) is 9.79 Å². The molecule has 0 atom stereocenters. The second kappa shape index (κ2) is 12.0. The van der Waals surface area contributed by atoms with Gasteiger partial charge in [-0.05, 0) is 30.2 Å². The van der Waals surface area contributed by atoms with Gasteiger partial charge in [0.15, 0.2) is 5.96 Å². The summed E-state index contributed by atoms with van der Waals surface area (Å²) in [5.41, 5.74) is 0.317. The van der Waals surface area contributed by atoms with E-state index in [1.54, 1.807) is 7.05 Å². The van der Waals surface area contributed by atoms with Gasteiger partial charge in [-0.25, -0.2) is 8.78 Å². The number of rotatable bonds is 7. The van der Waals surface area contributed by atoms with Crippen molar-refractivity contribution >= 4 is 35.8 Å². The summed E-state index contributed by atoms with van der Waals surface area (Å²) < 4.78 is 26.6. The molecule has 0 aliphatic rings. The highest BCUT2D eigenvalue weighted by molar-refractivity contribution is 14.0. The van der Waals surface area contributed by atoms with E-state index in [-0.39, 0.29) is 35.8 Å². The molecule has 136 valence electrons. The van der Waals surface area contributed by atoms with E-state index < -0.39 is 11.6 Å². The Morgan fingerprint density at radius 3 is 2.38 bits per heavy atom. The molecule has 0 aromatic heterocycles. The van der Waals surface area contributed by atoms with Crippen LogP contribution in [-0.4, -0.2) is 38.5 Å². The zero-order chi connectivity index (χ0) is 17.2. The molecule has 0 spiro atoms. The number of carbonyl (C=O) groups is 1. The molecule has 1 aromatic rings. The average molecular weight is 454 g/mol. The summed E-state index contributed by atoms with van der Waals surface area (Å²) >= 11 is 0. The number of hydrogen-bond acceptors (Lipinski definition) is 2. The number of hydrogen-bond donors (Lipinski definition) is 3. The molecule has 0 bridgehead atoms. The minimum atomic E-state index is -0.454. The number of benzene rings is 1. The van der Waals surface area contributed by atoms with Crippen molar-refractivity contribution in [3.8, 4) is 0 Å².